The molecule has 3 N–H and O–H groups in total. The minimum atomic E-state index is -4.32. The SMILES string of the molecule is O=C(O)c1ccc(CN(Cc2ccc(C(=O)O)cc2)c2ccc(S(=O)(=O)O)cc2)cc1. The normalized spacial score (nSPS) is 11.1. The van der Waals surface area contributed by atoms with E-state index < -0.39 is 22.1 Å². The van der Waals surface area contributed by atoms with Crippen LogP contribution in [-0.4, -0.2) is 35.1 Å². The highest BCUT2D eigenvalue weighted by Gasteiger charge is 2.14. The number of hydrogen-bond acceptors (Lipinski definition) is 5. The number of carboxylic acid groups (broad SMARTS) is 2. The predicted molar refractivity (Wildman–Crippen MR) is 113 cm³/mol. The molecule has 3 aromatic rings. The van der Waals surface area contributed by atoms with Gasteiger partial charge in [-0.15, -0.1) is 0 Å². The quantitative estimate of drug-likeness (QED) is 0.452. The maximum Gasteiger partial charge on any atom is 0.335 e. The zero-order valence-corrected chi connectivity index (χ0v) is 17.0. The second-order valence-electron chi connectivity index (χ2n) is 6.83. The molecule has 0 bridgehead atoms. The topological polar surface area (TPSA) is 132 Å². The van der Waals surface area contributed by atoms with Gasteiger partial charge in [0.15, 0.2) is 0 Å². The zero-order valence-electron chi connectivity index (χ0n) is 16.2. The summed E-state index contributed by atoms with van der Waals surface area (Å²) in [5, 5.41) is 18.1. The molecule has 8 nitrogen and oxygen atoms in total. The minimum Gasteiger partial charge on any atom is -0.478 e. The first-order chi connectivity index (χ1) is 14.6. The lowest BCUT2D eigenvalue weighted by Crippen LogP contribution is -2.22. The third-order valence-electron chi connectivity index (χ3n) is 4.65. The number of benzene rings is 3. The number of anilines is 1. The molecule has 9 heteroatoms. The first-order valence-electron chi connectivity index (χ1n) is 9.10. The second kappa shape index (κ2) is 8.99. The molecule has 0 aromatic heterocycles. The van der Waals surface area contributed by atoms with Crippen LogP contribution in [-0.2, 0) is 23.2 Å². The van der Waals surface area contributed by atoms with Crippen molar-refractivity contribution in [2.24, 2.45) is 0 Å². The summed E-state index contributed by atoms with van der Waals surface area (Å²) in [7, 11) is -4.32. The maximum absolute atomic E-state index is 11.3. The summed E-state index contributed by atoms with van der Waals surface area (Å²) in [6.45, 7) is 0.762. The summed E-state index contributed by atoms with van der Waals surface area (Å²) in [4.78, 5) is 23.8. The Morgan fingerprint density at radius 3 is 1.39 bits per heavy atom. The zero-order chi connectivity index (χ0) is 22.6. The van der Waals surface area contributed by atoms with Crippen LogP contribution in [0.25, 0.3) is 0 Å². The molecule has 0 atom stereocenters. The molecule has 160 valence electrons. The fraction of sp³-hybridized carbons (Fsp3) is 0.0909. The molecule has 0 saturated heterocycles. The van der Waals surface area contributed by atoms with E-state index in [-0.39, 0.29) is 16.0 Å². The van der Waals surface area contributed by atoms with Crippen molar-refractivity contribution in [2.75, 3.05) is 4.90 Å². The molecule has 0 saturated carbocycles. The molecule has 0 radical (unpaired) electrons. The van der Waals surface area contributed by atoms with E-state index in [4.69, 9.17) is 10.2 Å². The van der Waals surface area contributed by atoms with Gasteiger partial charge in [-0.05, 0) is 59.7 Å². The van der Waals surface area contributed by atoms with Gasteiger partial charge in [-0.25, -0.2) is 9.59 Å². The molecule has 0 aliphatic heterocycles. The third-order valence-corrected chi connectivity index (χ3v) is 5.52. The monoisotopic (exact) mass is 441 g/mol. The summed E-state index contributed by atoms with van der Waals surface area (Å²) < 4.78 is 31.8. The third kappa shape index (κ3) is 5.68. The van der Waals surface area contributed by atoms with Crippen LogP contribution in [0.4, 0.5) is 5.69 Å². The van der Waals surface area contributed by atoms with Gasteiger partial charge >= 0.3 is 11.9 Å². The van der Waals surface area contributed by atoms with Crippen LogP contribution in [0.3, 0.4) is 0 Å². The molecule has 3 aromatic carbocycles. The Kier molecular flexibility index (Phi) is 6.38. The van der Waals surface area contributed by atoms with Crippen molar-refractivity contribution < 1.29 is 32.8 Å². The highest BCUT2D eigenvalue weighted by molar-refractivity contribution is 7.85. The predicted octanol–water partition coefficient (Wildman–Crippen LogP) is 3.54. The number of carbonyl (C=O) groups is 2. The lowest BCUT2D eigenvalue weighted by molar-refractivity contribution is 0.0686. The van der Waals surface area contributed by atoms with Gasteiger partial charge in [0.05, 0.1) is 16.0 Å². The van der Waals surface area contributed by atoms with Crippen molar-refractivity contribution in [3.63, 3.8) is 0 Å². The average Bonchev–Trinajstić information content (AvgIpc) is 2.73. The van der Waals surface area contributed by atoms with Gasteiger partial charge in [0.1, 0.15) is 0 Å². The van der Waals surface area contributed by atoms with Gasteiger partial charge < -0.3 is 15.1 Å². The van der Waals surface area contributed by atoms with E-state index in [0.717, 1.165) is 11.1 Å². The molecule has 0 amide bonds. The van der Waals surface area contributed by atoms with E-state index in [1.54, 1.807) is 36.4 Å². The smallest absolute Gasteiger partial charge is 0.335 e. The molecule has 0 aliphatic carbocycles. The van der Waals surface area contributed by atoms with Gasteiger partial charge in [0.25, 0.3) is 10.1 Å². The first kappa shape index (κ1) is 22.0. The van der Waals surface area contributed by atoms with E-state index in [2.05, 4.69) is 0 Å². The Balaban J connectivity index is 1.90. The molecule has 3 rings (SSSR count). The van der Waals surface area contributed by atoms with Gasteiger partial charge in [-0.3, -0.25) is 4.55 Å². The van der Waals surface area contributed by atoms with Crippen LogP contribution in [0.5, 0.6) is 0 Å². The largest absolute Gasteiger partial charge is 0.478 e. The van der Waals surface area contributed by atoms with Gasteiger partial charge in [-0.2, -0.15) is 8.42 Å². The molecule has 0 spiro atoms. The van der Waals surface area contributed by atoms with E-state index in [0.29, 0.717) is 18.8 Å². The van der Waals surface area contributed by atoms with Crippen molar-refractivity contribution in [1.29, 1.82) is 0 Å². The van der Waals surface area contributed by atoms with Crippen LogP contribution in [0, 0.1) is 0 Å². The van der Waals surface area contributed by atoms with Crippen LogP contribution in [0.1, 0.15) is 31.8 Å². The second-order valence-corrected chi connectivity index (χ2v) is 8.25. The van der Waals surface area contributed by atoms with Crippen LogP contribution in [0.15, 0.2) is 77.7 Å². The van der Waals surface area contributed by atoms with Crippen LogP contribution >= 0.6 is 0 Å². The Hall–Kier alpha value is -3.69. The van der Waals surface area contributed by atoms with E-state index in [1.807, 2.05) is 4.90 Å². The Morgan fingerprint density at radius 1 is 0.677 bits per heavy atom. The summed E-state index contributed by atoms with van der Waals surface area (Å²) in [5.41, 5.74) is 2.64. The number of aromatic carboxylic acids is 2. The molecular formula is C22H19NO7S. The first-order valence-corrected chi connectivity index (χ1v) is 10.5. The fourth-order valence-electron chi connectivity index (χ4n) is 3.01. The standard InChI is InChI=1S/C22H19NO7S/c24-21(25)17-5-1-15(2-6-17)13-23(14-16-3-7-18(8-4-16)22(26)27)19-9-11-20(12-10-19)31(28,29)30/h1-12H,13-14H2,(H,24,25)(H,26,27)(H,28,29,30). The molecule has 31 heavy (non-hydrogen) atoms. The summed E-state index contributed by atoms with van der Waals surface area (Å²) in [5.74, 6) is -2.05. The van der Waals surface area contributed by atoms with Crippen molar-refractivity contribution in [2.45, 2.75) is 18.0 Å². The Labute approximate surface area is 178 Å². The lowest BCUT2D eigenvalue weighted by atomic mass is 10.1. The maximum atomic E-state index is 11.3. The molecule has 0 unspecified atom stereocenters. The summed E-state index contributed by atoms with van der Waals surface area (Å²) in [6.07, 6.45) is 0. The Morgan fingerprint density at radius 2 is 1.06 bits per heavy atom. The van der Waals surface area contributed by atoms with Gasteiger partial charge in [0.2, 0.25) is 0 Å². The van der Waals surface area contributed by atoms with Crippen molar-refractivity contribution in [3.05, 3.63) is 95.1 Å². The molecule has 0 heterocycles. The molecular weight excluding hydrogens is 422 g/mol. The average molecular weight is 441 g/mol. The van der Waals surface area contributed by atoms with Crippen molar-refractivity contribution in [1.82, 2.24) is 0 Å². The van der Waals surface area contributed by atoms with Gasteiger partial charge in [-0.1, -0.05) is 24.3 Å². The number of nitrogens with zero attached hydrogens (tertiary/aromatic N) is 1. The van der Waals surface area contributed by atoms with Crippen LogP contribution in [0.2, 0.25) is 0 Å². The van der Waals surface area contributed by atoms with Gasteiger partial charge in [0, 0.05) is 18.8 Å². The summed E-state index contributed by atoms with van der Waals surface area (Å²) >= 11 is 0. The summed E-state index contributed by atoms with van der Waals surface area (Å²) in [6, 6.07) is 18.5. The van der Waals surface area contributed by atoms with E-state index in [9.17, 15) is 22.6 Å². The molecule has 0 fully saturated rings. The van der Waals surface area contributed by atoms with Crippen molar-refractivity contribution >= 4 is 27.7 Å². The molecule has 0 aliphatic rings. The highest BCUT2D eigenvalue weighted by atomic mass is 32.2. The van der Waals surface area contributed by atoms with E-state index >= 15 is 0 Å². The number of hydrogen-bond donors (Lipinski definition) is 3. The van der Waals surface area contributed by atoms with E-state index in [1.165, 1.54) is 36.4 Å². The Bertz CT molecular complexity index is 1130. The highest BCUT2D eigenvalue weighted by Crippen LogP contribution is 2.23. The minimum absolute atomic E-state index is 0.164. The number of carboxylic acids is 2. The lowest BCUT2D eigenvalue weighted by Gasteiger charge is -2.25. The van der Waals surface area contributed by atoms with Crippen molar-refractivity contribution in [3.8, 4) is 0 Å². The fourth-order valence-corrected chi connectivity index (χ4v) is 3.49. The number of rotatable bonds is 8. The van der Waals surface area contributed by atoms with Crippen LogP contribution < -0.4 is 4.90 Å².